The summed E-state index contributed by atoms with van der Waals surface area (Å²) in [4.78, 5) is 15.5. The van der Waals surface area contributed by atoms with Gasteiger partial charge in [0.1, 0.15) is 0 Å². The van der Waals surface area contributed by atoms with E-state index < -0.39 is 0 Å². The molecular weight excluding hydrogens is 671 g/mol. The zero-order chi connectivity index (χ0) is 36.7. The van der Waals surface area contributed by atoms with E-state index in [1.165, 1.54) is 44.2 Å². The van der Waals surface area contributed by atoms with Crippen LogP contribution in [0.2, 0.25) is 0 Å². The van der Waals surface area contributed by atoms with Crippen LogP contribution in [0.3, 0.4) is 0 Å². The predicted molar refractivity (Wildman–Crippen MR) is 225 cm³/mol. The molecule has 0 fully saturated rings. The Kier molecular flexibility index (Phi) is 6.83. The van der Waals surface area contributed by atoms with Gasteiger partial charge in [0.2, 0.25) is 5.95 Å². The SMILES string of the molecule is CC1(C)c2ccccc2-c2c1c1ccc3c(c4cc(-c5ccccc5)ccc4n3-c3nc(-c4ccccc4)nc(-c4ccccc4)n3)c1n2-c1ccccc1. The molecule has 0 amide bonds. The molecule has 55 heavy (non-hydrogen) atoms. The molecule has 1 aliphatic carbocycles. The zero-order valence-electron chi connectivity index (χ0n) is 30.5. The second-order valence-electron chi connectivity index (χ2n) is 14.9. The summed E-state index contributed by atoms with van der Waals surface area (Å²) in [6.45, 7) is 4.74. The number of hydrogen-bond acceptors (Lipinski definition) is 3. The molecule has 0 aliphatic heterocycles. The smallest absolute Gasteiger partial charge is 0.238 e. The third-order valence-electron chi connectivity index (χ3n) is 11.3. The van der Waals surface area contributed by atoms with E-state index in [4.69, 9.17) is 15.0 Å². The Balaban J connectivity index is 1.31. The van der Waals surface area contributed by atoms with Gasteiger partial charge in [-0.3, -0.25) is 4.57 Å². The summed E-state index contributed by atoms with van der Waals surface area (Å²) in [6.07, 6.45) is 0. The van der Waals surface area contributed by atoms with Crippen LogP contribution in [-0.2, 0) is 5.41 Å². The highest BCUT2D eigenvalue weighted by Crippen LogP contribution is 2.55. The summed E-state index contributed by atoms with van der Waals surface area (Å²) >= 11 is 0. The van der Waals surface area contributed by atoms with E-state index in [0.29, 0.717) is 17.6 Å². The second kappa shape index (κ2) is 12.0. The lowest BCUT2D eigenvalue weighted by atomic mass is 9.81. The van der Waals surface area contributed by atoms with Gasteiger partial charge in [-0.15, -0.1) is 0 Å². The van der Waals surface area contributed by atoms with Gasteiger partial charge in [-0.05, 0) is 52.6 Å². The molecule has 0 atom stereocenters. The van der Waals surface area contributed by atoms with E-state index in [1.54, 1.807) is 0 Å². The van der Waals surface area contributed by atoms with Crippen molar-refractivity contribution < 1.29 is 0 Å². The molecule has 0 radical (unpaired) electrons. The minimum absolute atomic E-state index is 0.200. The Hall–Kier alpha value is -7.11. The molecule has 10 aromatic rings. The third-order valence-corrected chi connectivity index (χ3v) is 11.3. The van der Waals surface area contributed by atoms with Crippen molar-refractivity contribution >= 4 is 32.7 Å². The monoisotopic (exact) mass is 705 g/mol. The summed E-state index contributed by atoms with van der Waals surface area (Å²) in [5, 5.41) is 3.56. The molecule has 1 aliphatic rings. The molecule has 5 nitrogen and oxygen atoms in total. The van der Waals surface area contributed by atoms with E-state index in [1.807, 2.05) is 36.4 Å². The first-order valence-electron chi connectivity index (χ1n) is 18.8. The summed E-state index contributed by atoms with van der Waals surface area (Å²) < 4.78 is 4.75. The van der Waals surface area contributed by atoms with Crippen molar-refractivity contribution in [3.05, 3.63) is 187 Å². The lowest BCUT2D eigenvalue weighted by Crippen LogP contribution is -2.14. The molecule has 3 heterocycles. The van der Waals surface area contributed by atoms with E-state index >= 15 is 0 Å². The largest absolute Gasteiger partial charge is 0.308 e. The number of nitrogens with zero attached hydrogens (tertiary/aromatic N) is 5. The highest BCUT2D eigenvalue weighted by atomic mass is 15.2. The third kappa shape index (κ3) is 4.69. The highest BCUT2D eigenvalue weighted by Gasteiger charge is 2.41. The topological polar surface area (TPSA) is 48.5 Å². The Morgan fingerprint density at radius 2 is 1.02 bits per heavy atom. The highest BCUT2D eigenvalue weighted by molar-refractivity contribution is 6.23. The van der Waals surface area contributed by atoms with Gasteiger partial charge in [0.05, 0.1) is 22.2 Å². The van der Waals surface area contributed by atoms with Crippen LogP contribution in [0.5, 0.6) is 0 Å². The molecule has 0 N–H and O–H groups in total. The standard InChI is InChI=1S/C50H35N5/c1-50(2)40-26-16-15-25-37(40)46-44(50)38-28-30-42-43(45(38)54(46)36-23-13-6-14-24-36)39-31-35(32-17-7-3-8-18-32)27-29-41(39)55(42)49-52-47(33-19-9-4-10-20-33)51-48(53-49)34-21-11-5-12-22-34/h3-31H,1-2H3. The van der Waals surface area contributed by atoms with Crippen molar-refractivity contribution in [2.24, 2.45) is 0 Å². The van der Waals surface area contributed by atoms with Crippen LogP contribution >= 0.6 is 0 Å². The van der Waals surface area contributed by atoms with Crippen molar-refractivity contribution in [2.45, 2.75) is 19.3 Å². The summed E-state index contributed by atoms with van der Waals surface area (Å²) in [7, 11) is 0. The number of para-hydroxylation sites is 1. The molecule has 5 heteroatoms. The van der Waals surface area contributed by atoms with E-state index in [9.17, 15) is 0 Å². The molecule has 0 spiro atoms. The van der Waals surface area contributed by atoms with Crippen molar-refractivity contribution in [2.75, 3.05) is 0 Å². The number of hydrogen-bond donors (Lipinski definition) is 0. The fourth-order valence-electron chi connectivity index (χ4n) is 8.89. The normalized spacial score (nSPS) is 13.1. The van der Waals surface area contributed by atoms with Gasteiger partial charge in [0, 0.05) is 44.0 Å². The average molecular weight is 706 g/mol. The van der Waals surface area contributed by atoms with E-state index in [0.717, 1.165) is 38.8 Å². The zero-order valence-corrected chi connectivity index (χ0v) is 30.5. The molecule has 3 aromatic heterocycles. The minimum Gasteiger partial charge on any atom is -0.308 e. The van der Waals surface area contributed by atoms with Crippen LogP contribution in [-0.4, -0.2) is 24.1 Å². The average Bonchev–Trinajstić information content (AvgIpc) is 3.85. The number of benzene rings is 7. The maximum Gasteiger partial charge on any atom is 0.238 e. The van der Waals surface area contributed by atoms with Gasteiger partial charge in [-0.25, -0.2) is 4.98 Å². The van der Waals surface area contributed by atoms with Crippen LogP contribution in [0.15, 0.2) is 176 Å². The van der Waals surface area contributed by atoms with Crippen molar-refractivity contribution in [1.82, 2.24) is 24.1 Å². The molecule has 7 aromatic carbocycles. The molecule has 11 rings (SSSR count). The second-order valence-corrected chi connectivity index (χ2v) is 14.9. The molecule has 260 valence electrons. The number of aromatic nitrogens is 5. The van der Waals surface area contributed by atoms with Gasteiger partial charge in [-0.2, -0.15) is 9.97 Å². The molecule has 0 saturated heterocycles. The summed E-state index contributed by atoms with van der Waals surface area (Å²) in [5.74, 6) is 1.84. The first kappa shape index (κ1) is 31.4. The minimum atomic E-state index is -0.200. The Labute approximate surface area is 318 Å². The number of rotatable bonds is 5. The van der Waals surface area contributed by atoms with Crippen LogP contribution in [0.4, 0.5) is 0 Å². The molecular formula is C50H35N5. The van der Waals surface area contributed by atoms with E-state index in [-0.39, 0.29) is 5.41 Å². The van der Waals surface area contributed by atoms with Crippen LogP contribution in [0.1, 0.15) is 25.0 Å². The maximum atomic E-state index is 5.25. The lowest BCUT2D eigenvalue weighted by Gasteiger charge is -2.21. The fourth-order valence-corrected chi connectivity index (χ4v) is 8.89. The fraction of sp³-hybridized carbons (Fsp3) is 0.0600. The molecule has 0 unspecified atom stereocenters. The van der Waals surface area contributed by atoms with E-state index in [2.05, 4.69) is 163 Å². The van der Waals surface area contributed by atoms with Gasteiger partial charge in [-0.1, -0.05) is 159 Å². The lowest BCUT2D eigenvalue weighted by molar-refractivity contribution is 0.666. The summed E-state index contributed by atoms with van der Waals surface area (Å²) in [5.41, 5.74) is 13.6. The quantitative estimate of drug-likeness (QED) is 0.179. The maximum absolute atomic E-state index is 5.25. The molecule has 0 saturated carbocycles. The van der Waals surface area contributed by atoms with Gasteiger partial charge in [0.15, 0.2) is 11.6 Å². The van der Waals surface area contributed by atoms with Gasteiger partial charge < -0.3 is 4.57 Å². The molecule has 0 bridgehead atoms. The van der Waals surface area contributed by atoms with Crippen LogP contribution in [0, 0.1) is 0 Å². The predicted octanol–water partition coefficient (Wildman–Crippen LogP) is 12.2. The van der Waals surface area contributed by atoms with Crippen molar-refractivity contribution in [3.63, 3.8) is 0 Å². The first-order chi connectivity index (χ1) is 27.1. The van der Waals surface area contributed by atoms with Crippen molar-refractivity contribution in [3.8, 4) is 56.8 Å². The Morgan fingerprint density at radius 3 is 1.67 bits per heavy atom. The van der Waals surface area contributed by atoms with Gasteiger partial charge >= 0.3 is 0 Å². The summed E-state index contributed by atoms with van der Waals surface area (Å²) in [6, 6.07) is 62.2. The first-order valence-corrected chi connectivity index (χ1v) is 18.8. The Bertz CT molecular complexity index is 3030. The van der Waals surface area contributed by atoms with Gasteiger partial charge in [0.25, 0.3) is 0 Å². The number of fused-ring (bicyclic) bond motifs is 9. The van der Waals surface area contributed by atoms with Crippen LogP contribution < -0.4 is 0 Å². The Morgan fingerprint density at radius 1 is 0.455 bits per heavy atom. The van der Waals surface area contributed by atoms with Crippen LogP contribution in [0.25, 0.3) is 89.5 Å². The van der Waals surface area contributed by atoms with Crippen molar-refractivity contribution in [1.29, 1.82) is 0 Å².